The van der Waals surface area contributed by atoms with E-state index in [-0.39, 0.29) is 29.8 Å². The highest BCUT2D eigenvalue weighted by molar-refractivity contribution is 5.89. The van der Waals surface area contributed by atoms with E-state index in [4.69, 9.17) is 5.11 Å². The maximum absolute atomic E-state index is 12.8. The summed E-state index contributed by atoms with van der Waals surface area (Å²) in [4.78, 5) is 11.7. The van der Waals surface area contributed by atoms with Crippen LogP contribution in [0.4, 0.5) is 23.7 Å². The summed E-state index contributed by atoms with van der Waals surface area (Å²) in [5, 5.41) is 13.9. The van der Waals surface area contributed by atoms with Gasteiger partial charge in [0.05, 0.1) is 5.56 Å². The summed E-state index contributed by atoms with van der Waals surface area (Å²) in [6, 6.07) is 2.69. The van der Waals surface area contributed by atoms with Gasteiger partial charge in [0, 0.05) is 18.3 Å². The molecule has 0 saturated carbocycles. The lowest BCUT2D eigenvalue weighted by Gasteiger charge is -2.20. The molecule has 2 unspecified atom stereocenters. The van der Waals surface area contributed by atoms with Crippen LogP contribution in [0, 0.1) is 12.8 Å². The molecule has 0 saturated heterocycles. The van der Waals surface area contributed by atoms with Crippen LogP contribution in [0.3, 0.4) is 0 Å². The molecule has 0 heterocycles. The molecule has 4 nitrogen and oxygen atoms in total. The molecule has 3 N–H and O–H groups in total. The molecule has 1 aromatic carbocycles. The summed E-state index contributed by atoms with van der Waals surface area (Å²) in [6.45, 7) is 4.72. The van der Waals surface area contributed by atoms with Crippen molar-refractivity contribution in [3.63, 3.8) is 0 Å². The lowest BCUT2D eigenvalue weighted by atomic mass is 10.1. The van der Waals surface area contributed by atoms with Gasteiger partial charge in [-0.3, -0.25) is 0 Å². The smallest absolute Gasteiger partial charge is 0.396 e. The topological polar surface area (TPSA) is 61.4 Å². The van der Waals surface area contributed by atoms with Crippen molar-refractivity contribution >= 4 is 11.7 Å². The minimum Gasteiger partial charge on any atom is -0.396 e. The lowest BCUT2D eigenvalue weighted by molar-refractivity contribution is -0.138. The zero-order valence-corrected chi connectivity index (χ0v) is 12.1. The van der Waals surface area contributed by atoms with Crippen molar-refractivity contribution < 1.29 is 23.1 Å². The number of aryl methyl sites for hydroxylation is 1. The van der Waals surface area contributed by atoms with E-state index in [9.17, 15) is 18.0 Å². The number of aliphatic hydroxyl groups excluding tert-OH is 1. The Bertz CT molecular complexity index is 503. The summed E-state index contributed by atoms with van der Waals surface area (Å²) < 4.78 is 38.3. The molecule has 21 heavy (non-hydrogen) atoms. The minimum absolute atomic E-state index is 0.0641. The number of rotatable bonds is 4. The van der Waals surface area contributed by atoms with Gasteiger partial charge in [0.15, 0.2) is 0 Å². The number of alkyl halides is 3. The first-order valence-electron chi connectivity index (χ1n) is 6.51. The van der Waals surface area contributed by atoms with Crippen LogP contribution in [0.5, 0.6) is 0 Å². The van der Waals surface area contributed by atoms with Crippen molar-refractivity contribution in [1.29, 1.82) is 0 Å². The van der Waals surface area contributed by atoms with E-state index in [1.54, 1.807) is 13.8 Å². The van der Waals surface area contributed by atoms with E-state index < -0.39 is 17.8 Å². The van der Waals surface area contributed by atoms with Crippen LogP contribution >= 0.6 is 0 Å². The van der Waals surface area contributed by atoms with Gasteiger partial charge in [0.2, 0.25) is 0 Å². The molecule has 118 valence electrons. The average Bonchev–Trinajstić information content (AvgIpc) is 2.38. The first-order valence-corrected chi connectivity index (χ1v) is 6.51. The van der Waals surface area contributed by atoms with Gasteiger partial charge in [-0.2, -0.15) is 13.2 Å². The number of hydrogen-bond donors (Lipinski definition) is 3. The first kappa shape index (κ1) is 17.3. The molecule has 0 spiro atoms. The highest BCUT2D eigenvalue weighted by atomic mass is 19.4. The second kappa shape index (κ2) is 6.80. The maximum Gasteiger partial charge on any atom is 0.416 e. The number of nitrogens with one attached hydrogen (secondary N) is 2. The normalized spacial score (nSPS) is 14.4. The van der Waals surface area contributed by atoms with E-state index in [0.717, 1.165) is 6.07 Å². The van der Waals surface area contributed by atoms with Gasteiger partial charge in [-0.05, 0) is 37.5 Å². The van der Waals surface area contributed by atoms with Gasteiger partial charge in [0.1, 0.15) is 0 Å². The Morgan fingerprint density at radius 3 is 2.48 bits per heavy atom. The predicted molar refractivity (Wildman–Crippen MR) is 74.0 cm³/mol. The number of amides is 2. The molecule has 0 bridgehead atoms. The van der Waals surface area contributed by atoms with Crippen LogP contribution in [-0.2, 0) is 6.18 Å². The molecule has 0 radical (unpaired) electrons. The fourth-order valence-electron chi connectivity index (χ4n) is 1.68. The number of aliphatic hydroxyl groups is 1. The van der Waals surface area contributed by atoms with E-state index in [1.807, 2.05) is 0 Å². The Morgan fingerprint density at radius 2 is 1.95 bits per heavy atom. The molecular weight excluding hydrogens is 285 g/mol. The summed E-state index contributed by atoms with van der Waals surface area (Å²) in [5.41, 5.74) is -0.623. The predicted octanol–water partition coefficient (Wildman–Crippen LogP) is 3.15. The number of benzene rings is 1. The quantitative estimate of drug-likeness (QED) is 0.800. The molecule has 0 aromatic heterocycles. The molecule has 0 aliphatic carbocycles. The number of hydrogen-bond acceptors (Lipinski definition) is 2. The summed E-state index contributed by atoms with van der Waals surface area (Å²) >= 11 is 0. The number of anilines is 1. The zero-order valence-electron chi connectivity index (χ0n) is 12.1. The zero-order chi connectivity index (χ0) is 16.2. The van der Waals surface area contributed by atoms with Gasteiger partial charge < -0.3 is 15.7 Å². The fraction of sp³-hybridized carbons (Fsp3) is 0.500. The highest BCUT2D eigenvalue weighted by Gasteiger charge is 2.32. The monoisotopic (exact) mass is 304 g/mol. The minimum atomic E-state index is -4.46. The SMILES string of the molecule is Cc1ccc(NC(=O)NC(C)C(C)CO)cc1C(F)(F)F. The Hall–Kier alpha value is -1.76. The van der Waals surface area contributed by atoms with Crippen molar-refractivity contribution in [1.82, 2.24) is 5.32 Å². The number of carbonyl (C=O) groups is 1. The molecule has 1 aromatic rings. The molecule has 0 fully saturated rings. The first-order chi connectivity index (χ1) is 9.65. The average molecular weight is 304 g/mol. The Morgan fingerprint density at radius 1 is 1.33 bits per heavy atom. The van der Waals surface area contributed by atoms with Crippen LogP contribution < -0.4 is 10.6 Å². The van der Waals surface area contributed by atoms with Crippen molar-refractivity contribution in [3.8, 4) is 0 Å². The van der Waals surface area contributed by atoms with Crippen LogP contribution in [0.25, 0.3) is 0 Å². The summed E-state index contributed by atoms with van der Waals surface area (Å²) in [6.07, 6.45) is -4.46. The van der Waals surface area contributed by atoms with Crippen LogP contribution in [0.2, 0.25) is 0 Å². The van der Waals surface area contributed by atoms with Gasteiger partial charge in [-0.15, -0.1) is 0 Å². The van der Waals surface area contributed by atoms with E-state index >= 15 is 0 Å². The molecular formula is C14H19F3N2O2. The summed E-state index contributed by atoms with van der Waals surface area (Å²) in [5.74, 6) is -0.153. The number of carbonyl (C=O) groups excluding carboxylic acids is 1. The van der Waals surface area contributed by atoms with Crippen LogP contribution in [0.1, 0.15) is 25.0 Å². The summed E-state index contributed by atoms with van der Waals surface area (Å²) in [7, 11) is 0. The Labute approximate surface area is 121 Å². The van der Waals surface area contributed by atoms with Crippen molar-refractivity contribution in [2.75, 3.05) is 11.9 Å². The molecule has 0 aliphatic heterocycles. The second-order valence-corrected chi connectivity index (χ2v) is 5.07. The molecule has 7 heteroatoms. The maximum atomic E-state index is 12.8. The molecule has 1 rings (SSSR count). The number of halogens is 3. The number of urea groups is 1. The fourth-order valence-corrected chi connectivity index (χ4v) is 1.68. The molecule has 0 aliphatic rings. The van der Waals surface area contributed by atoms with E-state index in [1.165, 1.54) is 19.1 Å². The largest absolute Gasteiger partial charge is 0.416 e. The van der Waals surface area contributed by atoms with E-state index in [0.29, 0.717) is 0 Å². The van der Waals surface area contributed by atoms with Gasteiger partial charge in [-0.1, -0.05) is 13.0 Å². The highest BCUT2D eigenvalue weighted by Crippen LogP contribution is 2.33. The third kappa shape index (κ3) is 4.93. The Kier molecular flexibility index (Phi) is 5.60. The molecule has 2 atom stereocenters. The molecule has 2 amide bonds. The van der Waals surface area contributed by atoms with Crippen molar-refractivity contribution in [3.05, 3.63) is 29.3 Å². The van der Waals surface area contributed by atoms with Gasteiger partial charge >= 0.3 is 12.2 Å². The lowest BCUT2D eigenvalue weighted by Crippen LogP contribution is -2.40. The van der Waals surface area contributed by atoms with Crippen molar-refractivity contribution in [2.45, 2.75) is 33.0 Å². The van der Waals surface area contributed by atoms with Crippen molar-refractivity contribution in [2.24, 2.45) is 5.92 Å². The van der Waals surface area contributed by atoms with Crippen LogP contribution in [-0.4, -0.2) is 23.8 Å². The second-order valence-electron chi connectivity index (χ2n) is 5.07. The third-order valence-corrected chi connectivity index (χ3v) is 3.30. The standard InChI is InChI=1S/C14H19F3N2O2/c1-8-4-5-11(6-12(8)14(15,16)17)19-13(21)18-10(3)9(2)7-20/h4-6,9-10,20H,7H2,1-3H3,(H2,18,19,21). The Balaban J connectivity index is 2.78. The third-order valence-electron chi connectivity index (χ3n) is 3.30. The van der Waals surface area contributed by atoms with Gasteiger partial charge in [-0.25, -0.2) is 4.79 Å². The van der Waals surface area contributed by atoms with E-state index in [2.05, 4.69) is 10.6 Å². The van der Waals surface area contributed by atoms with Gasteiger partial charge in [0.25, 0.3) is 0 Å². The van der Waals surface area contributed by atoms with Crippen LogP contribution in [0.15, 0.2) is 18.2 Å².